The highest BCUT2D eigenvalue weighted by Crippen LogP contribution is 2.39. The molecule has 0 saturated heterocycles. The quantitative estimate of drug-likeness (QED) is 0.365. The Labute approximate surface area is 223 Å². The van der Waals surface area contributed by atoms with Crippen molar-refractivity contribution in [3.8, 4) is 11.3 Å². The number of nitrogens with one attached hydrogen (secondary N) is 2. The van der Waals surface area contributed by atoms with Crippen molar-refractivity contribution in [1.29, 1.82) is 0 Å². The van der Waals surface area contributed by atoms with E-state index in [1.165, 1.54) is 0 Å². The molecule has 1 atom stereocenters. The van der Waals surface area contributed by atoms with Crippen molar-refractivity contribution in [2.24, 2.45) is 4.99 Å². The number of benzene rings is 2. The fourth-order valence-electron chi connectivity index (χ4n) is 4.84. The van der Waals surface area contributed by atoms with Crippen molar-refractivity contribution in [2.45, 2.75) is 24.9 Å². The van der Waals surface area contributed by atoms with E-state index in [2.05, 4.69) is 25.7 Å². The van der Waals surface area contributed by atoms with Crippen molar-refractivity contribution < 1.29 is 9.59 Å². The number of anilines is 1. The van der Waals surface area contributed by atoms with E-state index in [1.807, 2.05) is 66.7 Å². The number of aromatic nitrogens is 4. The average molecular weight is 514 g/mol. The van der Waals surface area contributed by atoms with E-state index >= 15 is 0 Å². The number of para-hydroxylation sites is 1. The van der Waals surface area contributed by atoms with Gasteiger partial charge in [-0.2, -0.15) is 5.10 Å². The van der Waals surface area contributed by atoms with Crippen LogP contribution in [0.15, 0.2) is 96.4 Å². The van der Waals surface area contributed by atoms with E-state index in [0.717, 1.165) is 29.7 Å². The summed E-state index contributed by atoms with van der Waals surface area (Å²) in [6.07, 6.45) is 6.20. The SMILES string of the molecule is O=C(N[C@H]1N=C(c2ccccc2)c2ccccc2NC1=O)c1c(-c2ccc(C3CC3)nc2)nn2cccnc12. The lowest BCUT2D eigenvalue weighted by Crippen LogP contribution is -2.42. The minimum atomic E-state index is -1.18. The molecule has 9 heteroatoms. The van der Waals surface area contributed by atoms with Crippen molar-refractivity contribution in [1.82, 2.24) is 24.9 Å². The van der Waals surface area contributed by atoms with Crippen LogP contribution in [0.5, 0.6) is 0 Å². The van der Waals surface area contributed by atoms with Gasteiger partial charge in [-0.25, -0.2) is 14.5 Å². The normalized spacial score (nSPS) is 16.7. The molecule has 0 radical (unpaired) electrons. The molecular formula is C30H23N7O2. The molecular weight excluding hydrogens is 490 g/mol. The molecule has 2 amide bonds. The molecule has 1 fully saturated rings. The fraction of sp³-hybridized carbons (Fsp3) is 0.133. The van der Waals surface area contributed by atoms with Crippen molar-refractivity contribution in [2.75, 3.05) is 5.32 Å². The van der Waals surface area contributed by atoms with E-state index < -0.39 is 18.0 Å². The number of fused-ring (bicyclic) bond motifs is 2. The topological polar surface area (TPSA) is 114 Å². The van der Waals surface area contributed by atoms with Gasteiger partial charge in [-0.3, -0.25) is 14.6 Å². The first-order valence-electron chi connectivity index (χ1n) is 12.8. The van der Waals surface area contributed by atoms with E-state index in [1.54, 1.807) is 29.2 Å². The Bertz CT molecular complexity index is 1760. The zero-order valence-corrected chi connectivity index (χ0v) is 20.8. The minimum absolute atomic E-state index is 0.252. The number of pyridine rings is 1. The second kappa shape index (κ2) is 9.29. The molecule has 2 N–H and O–H groups in total. The standard InChI is InChI=1S/C30H23N7O2/c38-29(24-26(36-37-16-6-15-31-28(24)37)20-13-14-22(32-17-20)18-11-12-18)35-27-30(39)33-23-10-5-4-9-21(23)25(34-27)19-7-2-1-3-8-19/h1-10,13-18,27H,11-12H2,(H,33,39)(H,35,38)/t27-/m1/s1. The lowest BCUT2D eigenvalue weighted by Gasteiger charge is -2.13. The maximum Gasteiger partial charge on any atom is 0.269 e. The van der Waals surface area contributed by atoms with Crippen LogP contribution in [0.25, 0.3) is 16.9 Å². The maximum absolute atomic E-state index is 13.9. The van der Waals surface area contributed by atoms with Crippen LogP contribution in [0.3, 0.4) is 0 Å². The van der Waals surface area contributed by atoms with Gasteiger partial charge < -0.3 is 10.6 Å². The van der Waals surface area contributed by atoms with E-state index in [9.17, 15) is 9.59 Å². The Morgan fingerprint density at radius 3 is 2.54 bits per heavy atom. The van der Waals surface area contributed by atoms with E-state index in [0.29, 0.717) is 34.2 Å². The first-order valence-corrected chi connectivity index (χ1v) is 12.8. The predicted octanol–water partition coefficient (Wildman–Crippen LogP) is 4.21. The second-order valence-electron chi connectivity index (χ2n) is 9.61. The van der Waals surface area contributed by atoms with Crippen LogP contribution >= 0.6 is 0 Å². The molecule has 190 valence electrons. The molecule has 1 saturated carbocycles. The first-order chi connectivity index (χ1) is 19.2. The number of hydrogen-bond acceptors (Lipinski definition) is 6. The summed E-state index contributed by atoms with van der Waals surface area (Å²) in [5, 5.41) is 10.4. The van der Waals surface area contributed by atoms with Gasteiger partial charge in [-0.15, -0.1) is 0 Å². The van der Waals surface area contributed by atoms with E-state index in [4.69, 9.17) is 4.99 Å². The predicted molar refractivity (Wildman–Crippen MR) is 147 cm³/mol. The number of amides is 2. The number of benzodiazepines with no additional fused rings is 1. The molecule has 4 heterocycles. The van der Waals surface area contributed by atoms with Crippen molar-refractivity contribution in [3.05, 3.63) is 114 Å². The van der Waals surface area contributed by atoms with E-state index in [-0.39, 0.29) is 5.56 Å². The molecule has 7 rings (SSSR count). The molecule has 0 bridgehead atoms. The Morgan fingerprint density at radius 1 is 0.923 bits per heavy atom. The summed E-state index contributed by atoms with van der Waals surface area (Å²) >= 11 is 0. The Hall–Kier alpha value is -5.18. The summed E-state index contributed by atoms with van der Waals surface area (Å²) in [4.78, 5) is 40.9. The lowest BCUT2D eigenvalue weighted by molar-refractivity contribution is -0.117. The third-order valence-corrected chi connectivity index (χ3v) is 6.94. The zero-order chi connectivity index (χ0) is 26.3. The summed E-state index contributed by atoms with van der Waals surface area (Å²) in [5.74, 6) is -0.436. The highest BCUT2D eigenvalue weighted by molar-refractivity contribution is 6.20. The van der Waals surface area contributed by atoms with Gasteiger partial charge in [0.1, 0.15) is 11.3 Å². The minimum Gasteiger partial charge on any atom is -0.322 e. The maximum atomic E-state index is 13.9. The number of carbonyl (C=O) groups is 2. The summed E-state index contributed by atoms with van der Waals surface area (Å²) in [6.45, 7) is 0. The summed E-state index contributed by atoms with van der Waals surface area (Å²) in [5.41, 5.74) is 5.64. The molecule has 5 aromatic rings. The van der Waals surface area contributed by atoms with Crippen LogP contribution in [-0.2, 0) is 4.79 Å². The van der Waals surface area contributed by atoms with Gasteiger partial charge in [-0.1, -0.05) is 48.5 Å². The largest absolute Gasteiger partial charge is 0.322 e. The zero-order valence-electron chi connectivity index (χ0n) is 20.8. The van der Waals surface area contributed by atoms with Gasteiger partial charge in [0.25, 0.3) is 11.8 Å². The summed E-state index contributed by atoms with van der Waals surface area (Å²) in [7, 11) is 0. The van der Waals surface area contributed by atoms with Crippen LogP contribution in [-0.4, -0.2) is 43.3 Å². The first kappa shape index (κ1) is 23.0. The number of rotatable bonds is 5. The van der Waals surface area contributed by atoms with Gasteiger partial charge in [0.05, 0.1) is 11.4 Å². The Kier molecular flexibility index (Phi) is 5.47. The van der Waals surface area contributed by atoms with Gasteiger partial charge in [0.15, 0.2) is 5.65 Å². The van der Waals surface area contributed by atoms with Crippen molar-refractivity contribution >= 4 is 28.9 Å². The van der Waals surface area contributed by atoms with Crippen LogP contribution < -0.4 is 10.6 Å². The molecule has 0 unspecified atom stereocenters. The van der Waals surface area contributed by atoms with Crippen molar-refractivity contribution in [3.63, 3.8) is 0 Å². The van der Waals surface area contributed by atoms with Crippen LogP contribution in [0.4, 0.5) is 5.69 Å². The number of carbonyl (C=O) groups excluding carboxylic acids is 2. The second-order valence-corrected chi connectivity index (χ2v) is 9.61. The molecule has 1 aliphatic carbocycles. The van der Waals surface area contributed by atoms with Gasteiger partial charge >= 0.3 is 0 Å². The smallest absolute Gasteiger partial charge is 0.269 e. The highest BCUT2D eigenvalue weighted by Gasteiger charge is 2.31. The fourth-order valence-corrected chi connectivity index (χ4v) is 4.84. The third-order valence-electron chi connectivity index (χ3n) is 6.94. The molecule has 0 spiro atoms. The highest BCUT2D eigenvalue weighted by atomic mass is 16.2. The molecule has 3 aromatic heterocycles. The molecule has 1 aliphatic heterocycles. The molecule has 2 aromatic carbocycles. The Balaban J connectivity index is 1.29. The van der Waals surface area contributed by atoms with Crippen LogP contribution in [0.1, 0.15) is 45.9 Å². The molecule has 2 aliphatic rings. The van der Waals surface area contributed by atoms with Crippen LogP contribution in [0, 0.1) is 0 Å². The lowest BCUT2D eigenvalue weighted by atomic mass is 10.0. The van der Waals surface area contributed by atoms with Gasteiger partial charge in [0, 0.05) is 46.9 Å². The Morgan fingerprint density at radius 2 is 1.74 bits per heavy atom. The number of hydrogen-bond donors (Lipinski definition) is 2. The third kappa shape index (κ3) is 4.23. The van der Waals surface area contributed by atoms with Gasteiger partial charge in [0.2, 0.25) is 6.17 Å². The molecule has 39 heavy (non-hydrogen) atoms. The number of aliphatic imine (C=N–C) groups is 1. The monoisotopic (exact) mass is 513 g/mol. The average Bonchev–Trinajstić information content (AvgIpc) is 3.77. The summed E-state index contributed by atoms with van der Waals surface area (Å²) in [6, 6.07) is 22.7. The molecule has 9 nitrogen and oxygen atoms in total. The van der Waals surface area contributed by atoms with Crippen LogP contribution in [0.2, 0.25) is 0 Å². The van der Waals surface area contributed by atoms with Gasteiger partial charge in [-0.05, 0) is 37.1 Å². The number of nitrogens with zero attached hydrogens (tertiary/aromatic N) is 5. The summed E-state index contributed by atoms with van der Waals surface area (Å²) < 4.78 is 1.56.